The molecule has 1 unspecified atom stereocenters. The first kappa shape index (κ1) is 9.68. The minimum absolute atomic E-state index is 0.367. The van der Waals surface area contributed by atoms with Crippen molar-refractivity contribution in [2.24, 2.45) is 12.8 Å². The standard InChI is InChI=1S/C10H18N4/c1-7-4-10(13(3)12-7)8(2)14-5-9(11)6-14/h4,8-9H,5-6,11H2,1-3H3. The van der Waals surface area contributed by atoms with Gasteiger partial charge in [0.1, 0.15) is 0 Å². The molecule has 2 N–H and O–H groups in total. The van der Waals surface area contributed by atoms with Crippen molar-refractivity contribution in [1.82, 2.24) is 14.7 Å². The minimum atomic E-state index is 0.367. The SMILES string of the molecule is Cc1cc(C(C)N2CC(N)C2)n(C)n1. The van der Waals surface area contributed by atoms with Crippen LogP contribution in [0.5, 0.6) is 0 Å². The lowest BCUT2D eigenvalue weighted by Crippen LogP contribution is -2.56. The number of aryl methyl sites for hydroxylation is 2. The van der Waals surface area contributed by atoms with E-state index in [-0.39, 0.29) is 0 Å². The predicted octanol–water partition coefficient (Wildman–Crippen LogP) is 0.432. The number of hydrogen-bond donors (Lipinski definition) is 1. The molecule has 0 amide bonds. The van der Waals surface area contributed by atoms with Gasteiger partial charge in [0, 0.05) is 32.2 Å². The van der Waals surface area contributed by atoms with Crippen LogP contribution in [0, 0.1) is 6.92 Å². The third kappa shape index (κ3) is 1.55. The number of nitrogens with zero attached hydrogens (tertiary/aromatic N) is 3. The van der Waals surface area contributed by atoms with E-state index in [9.17, 15) is 0 Å². The normalized spacial score (nSPS) is 20.9. The Labute approximate surface area is 84.7 Å². The van der Waals surface area contributed by atoms with E-state index in [0.29, 0.717) is 12.1 Å². The fourth-order valence-corrected chi connectivity index (χ4v) is 2.07. The van der Waals surface area contributed by atoms with E-state index in [0.717, 1.165) is 18.8 Å². The van der Waals surface area contributed by atoms with Gasteiger partial charge in [-0.1, -0.05) is 0 Å². The Morgan fingerprint density at radius 3 is 2.64 bits per heavy atom. The van der Waals surface area contributed by atoms with E-state index in [1.165, 1.54) is 5.69 Å². The van der Waals surface area contributed by atoms with Gasteiger partial charge in [-0.3, -0.25) is 9.58 Å². The van der Waals surface area contributed by atoms with Crippen molar-refractivity contribution in [3.05, 3.63) is 17.5 Å². The van der Waals surface area contributed by atoms with Gasteiger partial charge in [-0.05, 0) is 19.9 Å². The highest BCUT2D eigenvalue weighted by Crippen LogP contribution is 2.24. The summed E-state index contributed by atoms with van der Waals surface area (Å²) in [6.45, 7) is 6.25. The summed E-state index contributed by atoms with van der Waals surface area (Å²) in [6.07, 6.45) is 0. The maximum absolute atomic E-state index is 5.76. The molecular formula is C10H18N4. The molecule has 0 saturated carbocycles. The van der Waals surface area contributed by atoms with Crippen LogP contribution in [0.4, 0.5) is 0 Å². The maximum atomic E-state index is 5.76. The molecule has 14 heavy (non-hydrogen) atoms. The lowest BCUT2D eigenvalue weighted by molar-refractivity contribution is 0.0989. The third-order valence-corrected chi connectivity index (χ3v) is 2.95. The Hall–Kier alpha value is -0.870. The molecule has 1 aliphatic heterocycles. The average molecular weight is 194 g/mol. The summed E-state index contributed by atoms with van der Waals surface area (Å²) in [5.74, 6) is 0. The fourth-order valence-electron chi connectivity index (χ4n) is 2.07. The first-order valence-electron chi connectivity index (χ1n) is 5.08. The van der Waals surface area contributed by atoms with E-state index in [2.05, 4.69) is 23.0 Å². The zero-order chi connectivity index (χ0) is 10.3. The van der Waals surface area contributed by atoms with E-state index in [4.69, 9.17) is 5.73 Å². The molecule has 1 aromatic heterocycles. The van der Waals surface area contributed by atoms with Crippen LogP contribution in [0.2, 0.25) is 0 Å². The Morgan fingerprint density at radius 1 is 1.57 bits per heavy atom. The number of aromatic nitrogens is 2. The van der Waals surface area contributed by atoms with Crippen molar-refractivity contribution >= 4 is 0 Å². The van der Waals surface area contributed by atoms with E-state index >= 15 is 0 Å². The summed E-state index contributed by atoms with van der Waals surface area (Å²) in [5.41, 5.74) is 8.12. The molecule has 1 atom stereocenters. The van der Waals surface area contributed by atoms with Gasteiger partial charge in [0.25, 0.3) is 0 Å². The lowest BCUT2D eigenvalue weighted by atomic mass is 10.1. The smallest absolute Gasteiger partial charge is 0.0597 e. The highest BCUT2D eigenvalue weighted by Gasteiger charge is 2.29. The van der Waals surface area contributed by atoms with Gasteiger partial charge in [-0.2, -0.15) is 5.10 Å². The predicted molar refractivity (Wildman–Crippen MR) is 55.9 cm³/mol. The van der Waals surface area contributed by atoms with Crippen LogP contribution >= 0.6 is 0 Å². The Bertz CT molecular complexity index is 325. The summed E-state index contributed by atoms with van der Waals surface area (Å²) in [7, 11) is 2.00. The quantitative estimate of drug-likeness (QED) is 0.743. The molecule has 2 heterocycles. The molecule has 2 rings (SSSR count). The van der Waals surface area contributed by atoms with Crippen molar-refractivity contribution in [2.45, 2.75) is 25.9 Å². The summed E-state index contributed by atoms with van der Waals surface area (Å²) in [6, 6.07) is 2.95. The molecule has 1 aliphatic rings. The number of hydrogen-bond acceptors (Lipinski definition) is 3. The van der Waals surface area contributed by atoms with Crippen LogP contribution in [-0.4, -0.2) is 33.8 Å². The van der Waals surface area contributed by atoms with Gasteiger partial charge >= 0.3 is 0 Å². The minimum Gasteiger partial charge on any atom is -0.325 e. The number of rotatable bonds is 2. The van der Waals surface area contributed by atoms with Crippen LogP contribution in [0.3, 0.4) is 0 Å². The van der Waals surface area contributed by atoms with Gasteiger partial charge in [0.05, 0.1) is 11.4 Å². The summed E-state index contributed by atoms with van der Waals surface area (Å²) < 4.78 is 1.96. The van der Waals surface area contributed by atoms with Gasteiger partial charge in [-0.25, -0.2) is 0 Å². The number of nitrogens with two attached hydrogens (primary N) is 1. The van der Waals surface area contributed by atoms with Crippen molar-refractivity contribution in [1.29, 1.82) is 0 Å². The fraction of sp³-hybridized carbons (Fsp3) is 0.700. The van der Waals surface area contributed by atoms with Crippen LogP contribution in [0.1, 0.15) is 24.4 Å². The van der Waals surface area contributed by atoms with Crippen molar-refractivity contribution in [3.8, 4) is 0 Å². The van der Waals surface area contributed by atoms with E-state index in [1.54, 1.807) is 0 Å². The zero-order valence-electron chi connectivity index (χ0n) is 9.07. The van der Waals surface area contributed by atoms with Crippen molar-refractivity contribution < 1.29 is 0 Å². The molecule has 4 nitrogen and oxygen atoms in total. The van der Waals surface area contributed by atoms with Crippen LogP contribution in [-0.2, 0) is 7.05 Å². The molecule has 0 aliphatic carbocycles. The molecule has 78 valence electrons. The Balaban J connectivity index is 2.11. The molecule has 1 fully saturated rings. The topological polar surface area (TPSA) is 47.1 Å². The van der Waals surface area contributed by atoms with Crippen LogP contribution < -0.4 is 5.73 Å². The second kappa shape index (κ2) is 3.37. The van der Waals surface area contributed by atoms with Crippen LogP contribution in [0.25, 0.3) is 0 Å². The van der Waals surface area contributed by atoms with Gasteiger partial charge < -0.3 is 5.73 Å². The summed E-state index contributed by atoms with van der Waals surface area (Å²) in [5, 5.41) is 4.35. The molecule has 1 saturated heterocycles. The van der Waals surface area contributed by atoms with E-state index < -0.39 is 0 Å². The second-order valence-corrected chi connectivity index (χ2v) is 4.22. The maximum Gasteiger partial charge on any atom is 0.0597 e. The molecular weight excluding hydrogens is 176 g/mol. The average Bonchev–Trinajstić information content (AvgIpc) is 2.39. The first-order valence-corrected chi connectivity index (χ1v) is 5.08. The third-order valence-electron chi connectivity index (χ3n) is 2.95. The second-order valence-electron chi connectivity index (χ2n) is 4.22. The Kier molecular flexibility index (Phi) is 2.33. The molecule has 0 aromatic carbocycles. The van der Waals surface area contributed by atoms with E-state index in [1.807, 2.05) is 18.7 Å². The largest absolute Gasteiger partial charge is 0.325 e. The number of likely N-dealkylation sites (tertiary alicyclic amines) is 1. The summed E-state index contributed by atoms with van der Waals surface area (Å²) >= 11 is 0. The molecule has 0 spiro atoms. The van der Waals surface area contributed by atoms with Gasteiger partial charge in [0.15, 0.2) is 0 Å². The molecule has 0 radical (unpaired) electrons. The van der Waals surface area contributed by atoms with Crippen molar-refractivity contribution in [2.75, 3.05) is 13.1 Å². The van der Waals surface area contributed by atoms with Crippen LogP contribution in [0.15, 0.2) is 6.07 Å². The molecule has 1 aromatic rings. The summed E-state index contributed by atoms with van der Waals surface area (Å²) in [4.78, 5) is 2.38. The lowest BCUT2D eigenvalue weighted by Gasteiger charge is -2.41. The van der Waals surface area contributed by atoms with Gasteiger partial charge in [0.2, 0.25) is 0 Å². The zero-order valence-corrected chi connectivity index (χ0v) is 9.07. The molecule has 0 bridgehead atoms. The monoisotopic (exact) mass is 194 g/mol. The molecule has 4 heteroatoms. The Morgan fingerprint density at radius 2 is 2.21 bits per heavy atom. The highest BCUT2D eigenvalue weighted by molar-refractivity contribution is 5.13. The first-order chi connectivity index (χ1) is 6.58. The highest BCUT2D eigenvalue weighted by atomic mass is 15.3. The van der Waals surface area contributed by atoms with Gasteiger partial charge in [-0.15, -0.1) is 0 Å². The van der Waals surface area contributed by atoms with Crippen molar-refractivity contribution in [3.63, 3.8) is 0 Å².